The molecular formula is C55H82N14O18. The third-order valence-electron chi connectivity index (χ3n) is 13.3. The summed E-state index contributed by atoms with van der Waals surface area (Å²) in [5.74, 6) is -16.7. The highest BCUT2D eigenvalue weighted by Gasteiger charge is 2.37. The summed E-state index contributed by atoms with van der Waals surface area (Å²) < 4.78 is 0. The number of amides is 10. The highest BCUT2D eigenvalue weighted by molar-refractivity contribution is 5.99. The van der Waals surface area contributed by atoms with E-state index in [1.54, 1.807) is 20.8 Å². The molecule has 32 nitrogen and oxygen atoms in total. The second-order valence-electron chi connectivity index (χ2n) is 21.1. The molecule has 0 fully saturated rings. The van der Waals surface area contributed by atoms with Gasteiger partial charge >= 0.3 is 17.9 Å². The molecule has 0 aliphatic heterocycles. The first-order valence-corrected chi connectivity index (χ1v) is 27.8. The minimum absolute atomic E-state index is 0.0395. The number of aliphatic carboxylic acids is 3. The molecule has 0 aliphatic rings. The van der Waals surface area contributed by atoms with Crippen LogP contribution in [-0.2, 0) is 75.2 Å². The fourth-order valence-corrected chi connectivity index (χ4v) is 8.41. The highest BCUT2D eigenvalue weighted by Crippen LogP contribution is 2.16. The molecule has 0 saturated carbocycles. The third-order valence-corrected chi connectivity index (χ3v) is 13.3. The Morgan fingerprint density at radius 3 is 1.25 bits per heavy atom. The standard InChI is InChI=1S/C55H82N14O18/c1-5-28(4)45(54(86)87)69-53(85)40(26-44(76)77)68-47(79)34(7-6-22-61-55(59)60)62-48(80)35(16-19-41(57)72)64-51(83)38(23-27(2)3)67-50(82)37(18-21-43(74)75)63-49(81)36(17-20-42(58)73)65-52(84)39(25-30-10-14-32(71)15-11-30)66-46(78)33(56)24-29-8-12-31(70)13-9-29/h8-15,27-28,33-40,45,70-71H,5-7,16-26,56H2,1-4H3,(H2,57,72)(H2,58,73)(H,62,80)(H,63,81)(H,64,83)(H,65,84)(H,66,78)(H,67,82)(H,68,79)(H,69,85)(H,74,75)(H,76,77)(H,86,87)(H4,59,60,61)/t28-,33-,34-,35-,36-,37-,38-,39-,40-,45-/m0/s1. The largest absolute Gasteiger partial charge is 0.508 e. The first kappa shape index (κ1) is 73.5. The number of benzene rings is 2. The Labute approximate surface area is 500 Å². The van der Waals surface area contributed by atoms with Crippen molar-refractivity contribution in [2.45, 2.75) is 166 Å². The molecule has 0 bridgehead atoms. The topological polar surface area (TPSA) is 562 Å². The van der Waals surface area contributed by atoms with Crippen LogP contribution in [0.15, 0.2) is 53.5 Å². The van der Waals surface area contributed by atoms with E-state index in [1.807, 2.05) is 0 Å². The lowest BCUT2D eigenvalue weighted by atomic mass is 9.98. The predicted octanol–water partition coefficient (Wildman–Crippen LogP) is -3.81. The summed E-state index contributed by atoms with van der Waals surface area (Å²) >= 11 is 0. The molecule has 0 saturated heterocycles. The second-order valence-corrected chi connectivity index (χ2v) is 21.1. The van der Waals surface area contributed by atoms with Crippen LogP contribution in [0, 0.1) is 11.8 Å². The monoisotopic (exact) mass is 1230 g/mol. The van der Waals surface area contributed by atoms with Gasteiger partial charge in [-0.3, -0.25) is 62.5 Å². The number of hydrogen-bond acceptors (Lipinski definition) is 17. The van der Waals surface area contributed by atoms with Crippen LogP contribution in [0.4, 0.5) is 0 Å². The molecule has 10 amide bonds. The number of aliphatic imine (C=N–C) groups is 1. The number of carbonyl (C=O) groups is 13. The Morgan fingerprint density at radius 1 is 0.471 bits per heavy atom. The van der Waals surface area contributed by atoms with E-state index >= 15 is 0 Å². The van der Waals surface area contributed by atoms with Crippen molar-refractivity contribution in [1.82, 2.24) is 42.5 Å². The number of phenols is 2. The molecule has 480 valence electrons. The van der Waals surface area contributed by atoms with E-state index < -0.39 is 188 Å². The zero-order chi connectivity index (χ0) is 65.7. The summed E-state index contributed by atoms with van der Waals surface area (Å²) in [5.41, 5.74) is 28.9. The van der Waals surface area contributed by atoms with Gasteiger partial charge in [-0.25, -0.2) is 4.79 Å². The molecule has 2 rings (SSSR count). The summed E-state index contributed by atoms with van der Waals surface area (Å²) in [4.78, 5) is 176. The summed E-state index contributed by atoms with van der Waals surface area (Å²) in [6, 6.07) is -3.33. The second kappa shape index (κ2) is 36.9. The van der Waals surface area contributed by atoms with Gasteiger partial charge in [-0.05, 0) is 92.2 Å². The van der Waals surface area contributed by atoms with Crippen LogP contribution in [0.3, 0.4) is 0 Å². The number of guanidine groups is 1. The minimum atomic E-state index is -1.89. The Bertz CT molecular complexity index is 2760. The number of primary amides is 2. The van der Waals surface area contributed by atoms with Crippen molar-refractivity contribution in [1.29, 1.82) is 0 Å². The molecule has 2 aromatic rings. The summed E-state index contributed by atoms with van der Waals surface area (Å²) in [6.45, 7) is 6.32. The lowest BCUT2D eigenvalue weighted by Crippen LogP contribution is -2.61. The van der Waals surface area contributed by atoms with E-state index in [0.717, 1.165) is 0 Å². The molecule has 0 unspecified atom stereocenters. The SMILES string of the molecule is CC[C@H](C)[C@H](NC(=O)[C@H](CC(=O)O)NC(=O)[C@H](CCCN=C(N)N)NC(=O)[C@H](CCC(N)=O)NC(=O)[C@H](CC(C)C)NC(=O)[C@H](CCC(=O)O)NC(=O)[C@H](CCC(N)=O)NC(=O)[C@H](Cc1ccc(O)cc1)NC(=O)[C@@H](N)Cc1ccc(O)cc1)C(=O)O. The number of nitrogens with zero attached hydrogens (tertiary/aromatic N) is 1. The van der Waals surface area contributed by atoms with Crippen molar-refractivity contribution in [3.05, 3.63) is 59.7 Å². The van der Waals surface area contributed by atoms with Gasteiger partial charge in [0.1, 0.15) is 59.8 Å². The van der Waals surface area contributed by atoms with Gasteiger partial charge in [-0.15, -0.1) is 0 Å². The Balaban J connectivity index is 2.54. The smallest absolute Gasteiger partial charge is 0.326 e. The lowest BCUT2D eigenvalue weighted by molar-refractivity contribution is -0.145. The number of hydrogen-bond donors (Lipinski definition) is 18. The van der Waals surface area contributed by atoms with Crippen molar-refractivity contribution >= 4 is 82.9 Å². The summed E-state index contributed by atoms with van der Waals surface area (Å²) in [6.07, 6.45) is -5.13. The van der Waals surface area contributed by atoms with Crippen molar-refractivity contribution in [3.8, 4) is 11.5 Å². The molecule has 0 aliphatic carbocycles. The molecule has 10 atom stereocenters. The number of carboxylic acid groups (broad SMARTS) is 3. The van der Waals surface area contributed by atoms with E-state index in [4.69, 9.17) is 28.7 Å². The first-order valence-electron chi connectivity index (χ1n) is 27.8. The number of carboxylic acids is 3. The maximum Gasteiger partial charge on any atom is 0.326 e. The van der Waals surface area contributed by atoms with Crippen LogP contribution in [0.2, 0.25) is 0 Å². The van der Waals surface area contributed by atoms with Crippen LogP contribution in [-0.4, -0.2) is 169 Å². The molecule has 0 radical (unpaired) electrons. The average molecular weight is 1230 g/mol. The third kappa shape index (κ3) is 28.2. The van der Waals surface area contributed by atoms with Crippen molar-refractivity contribution in [2.24, 2.45) is 45.5 Å². The maximum absolute atomic E-state index is 14.3. The van der Waals surface area contributed by atoms with Crippen molar-refractivity contribution in [3.63, 3.8) is 0 Å². The molecule has 2 aromatic carbocycles. The first-order chi connectivity index (χ1) is 40.8. The van der Waals surface area contributed by atoms with Gasteiger partial charge < -0.3 is 96.7 Å². The zero-order valence-corrected chi connectivity index (χ0v) is 48.7. The molecule has 0 spiro atoms. The molecular weight excluding hydrogens is 1140 g/mol. The fraction of sp³-hybridized carbons (Fsp3) is 0.527. The Hall–Kier alpha value is -9.62. The van der Waals surface area contributed by atoms with Gasteiger partial charge in [0.25, 0.3) is 0 Å². The molecule has 0 aromatic heterocycles. The number of aromatic hydroxyl groups is 2. The average Bonchev–Trinajstić information content (AvgIpc) is 3.50. The highest BCUT2D eigenvalue weighted by atomic mass is 16.4. The minimum Gasteiger partial charge on any atom is -0.508 e. The van der Waals surface area contributed by atoms with E-state index in [2.05, 4.69) is 47.5 Å². The summed E-state index contributed by atoms with van der Waals surface area (Å²) in [7, 11) is 0. The van der Waals surface area contributed by atoms with Crippen LogP contribution < -0.4 is 71.2 Å². The molecule has 23 N–H and O–H groups in total. The molecule has 32 heteroatoms. The number of nitrogens with two attached hydrogens (primary N) is 5. The van der Waals surface area contributed by atoms with Gasteiger partial charge in [0.2, 0.25) is 59.1 Å². The van der Waals surface area contributed by atoms with E-state index in [0.29, 0.717) is 11.1 Å². The molecule has 0 heterocycles. The van der Waals surface area contributed by atoms with E-state index in [-0.39, 0.29) is 62.5 Å². The number of phenolic OH excluding ortho intramolecular Hbond substituents is 2. The summed E-state index contributed by atoms with van der Waals surface area (Å²) in [5, 5.41) is 67.7. The van der Waals surface area contributed by atoms with Crippen molar-refractivity contribution in [2.75, 3.05) is 6.54 Å². The Morgan fingerprint density at radius 2 is 0.851 bits per heavy atom. The van der Waals surface area contributed by atoms with Gasteiger partial charge in [-0.2, -0.15) is 0 Å². The van der Waals surface area contributed by atoms with E-state index in [9.17, 15) is 87.9 Å². The Kier molecular flexibility index (Phi) is 31.2. The van der Waals surface area contributed by atoms with Crippen molar-refractivity contribution < 1.29 is 87.9 Å². The van der Waals surface area contributed by atoms with Gasteiger partial charge in [0, 0.05) is 32.2 Å². The predicted molar refractivity (Wildman–Crippen MR) is 309 cm³/mol. The van der Waals surface area contributed by atoms with Crippen LogP contribution >= 0.6 is 0 Å². The fourth-order valence-electron chi connectivity index (χ4n) is 8.41. The van der Waals surface area contributed by atoms with Gasteiger partial charge in [-0.1, -0.05) is 58.4 Å². The molecule has 87 heavy (non-hydrogen) atoms. The van der Waals surface area contributed by atoms with Crippen LogP contribution in [0.5, 0.6) is 11.5 Å². The number of rotatable bonds is 40. The normalized spacial score (nSPS) is 14.4. The number of nitrogens with one attached hydrogen (secondary N) is 8. The van der Waals surface area contributed by atoms with Crippen LogP contribution in [0.25, 0.3) is 0 Å². The van der Waals surface area contributed by atoms with Gasteiger partial charge in [0.05, 0.1) is 12.5 Å². The quantitative estimate of drug-likeness (QED) is 0.0173. The van der Waals surface area contributed by atoms with Gasteiger partial charge in [0.15, 0.2) is 5.96 Å². The zero-order valence-electron chi connectivity index (χ0n) is 48.7. The van der Waals surface area contributed by atoms with Crippen LogP contribution in [0.1, 0.15) is 109 Å². The maximum atomic E-state index is 14.3. The van der Waals surface area contributed by atoms with E-state index in [1.165, 1.54) is 55.5 Å². The lowest BCUT2D eigenvalue weighted by Gasteiger charge is -2.28. The number of carbonyl (C=O) groups excluding carboxylic acids is 10.